The highest BCUT2D eigenvalue weighted by Crippen LogP contribution is 2.21. The average molecular weight is 282 g/mol. The van der Waals surface area contributed by atoms with E-state index in [1.165, 1.54) is 18.5 Å². The Morgan fingerprint density at radius 2 is 2.00 bits per heavy atom. The molecule has 2 N–H and O–H groups in total. The van der Waals surface area contributed by atoms with Crippen molar-refractivity contribution in [3.63, 3.8) is 0 Å². The van der Waals surface area contributed by atoms with Gasteiger partial charge in [0, 0.05) is 17.6 Å². The van der Waals surface area contributed by atoms with Gasteiger partial charge in [-0.2, -0.15) is 0 Å². The van der Waals surface area contributed by atoms with Crippen molar-refractivity contribution in [2.45, 2.75) is 0 Å². The zero-order chi connectivity index (χ0) is 14.8. The van der Waals surface area contributed by atoms with Crippen molar-refractivity contribution in [2.24, 2.45) is 0 Å². The predicted octanol–water partition coefficient (Wildman–Crippen LogP) is 2.41. The molecule has 0 bridgehead atoms. The van der Waals surface area contributed by atoms with Crippen LogP contribution in [0, 0.1) is 0 Å². The molecule has 2 aromatic heterocycles. The molecule has 1 aromatic carbocycles. The van der Waals surface area contributed by atoms with E-state index in [4.69, 9.17) is 9.84 Å². The van der Waals surface area contributed by atoms with Crippen molar-refractivity contribution in [3.8, 4) is 11.6 Å². The van der Waals surface area contributed by atoms with Crippen LogP contribution in [0.3, 0.4) is 0 Å². The van der Waals surface area contributed by atoms with Gasteiger partial charge in [-0.3, -0.25) is 14.8 Å². The summed E-state index contributed by atoms with van der Waals surface area (Å²) in [5, 5.41) is 10.2. The molecule has 0 spiro atoms. The zero-order valence-corrected chi connectivity index (χ0v) is 10.7. The first-order valence-corrected chi connectivity index (χ1v) is 6.12. The Kier molecular flexibility index (Phi) is 3.12. The van der Waals surface area contributed by atoms with E-state index in [1.54, 1.807) is 24.3 Å². The van der Waals surface area contributed by atoms with Crippen LogP contribution in [0.1, 0.15) is 10.4 Å². The number of carboxylic acids is 1. The van der Waals surface area contributed by atoms with Gasteiger partial charge in [0.25, 0.3) is 5.56 Å². The number of H-pyrrole nitrogens is 1. The Morgan fingerprint density at radius 1 is 1.19 bits per heavy atom. The summed E-state index contributed by atoms with van der Waals surface area (Å²) in [6, 6.07) is 10.1. The molecule has 3 aromatic rings. The smallest absolute Gasteiger partial charge is 0.337 e. The van der Waals surface area contributed by atoms with Gasteiger partial charge in [0.05, 0.1) is 11.8 Å². The third kappa shape index (κ3) is 2.59. The topological polar surface area (TPSA) is 92.3 Å². The second-order valence-electron chi connectivity index (χ2n) is 4.37. The highest BCUT2D eigenvalue weighted by Gasteiger charge is 2.07. The van der Waals surface area contributed by atoms with Crippen LogP contribution in [0.2, 0.25) is 0 Å². The summed E-state index contributed by atoms with van der Waals surface area (Å²) >= 11 is 0. The number of nitrogens with zero attached hydrogens (tertiary/aromatic N) is 1. The third-order valence-corrected chi connectivity index (χ3v) is 2.92. The van der Waals surface area contributed by atoms with E-state index in [2.05, 4.69) is 9.97 Å². The van der Waals surface area contributed by atoms with Crippen LogP contribution < -0.4 is 10.3 Å². The van der Waals surface area contributed by atoms with Crippen molar-refractivity contribution in [3.05, 3.63) is 64.7 Å². The fourth-order valence-electron chi connectivity index (χ4n) is 1.96. The molecule has 6 nitrogen and oxygen atoms in total. The molecular formula is C15H10N2O4. The summed E-state index contributed by atoms with van der Waals surface area (Å²) in [6.07, 6.45) is 2.60. The fraction of sp³-hybridized carbons (Fsp3) is 0. The van der Waals surface area contributed by atoms with Gasteiger partial charge in [0.1, 0.15) is 5.75 Å². The van der Waals surface area contributed by atoms with Gasteiger partial charge in [-0.15, -0.1) is 0 Å². The minimum Gasteiger partial charge on any atom is -0.478 e. The molecule has 0 radical (unpaired) electrons. The lowest BCUT2D eigenvalue weighted by Gasteiger charge is -2.06. The molecule has 0 fully saturated rings. The minimum absolute atomic E-state index is 0.00985. The molecule has 0 saturated carbocycles. The molecule has 0 aliphatic rings. The summed E-state index contributed by atoms with van der Waals surface area (Å²) in [7, 11) is 0. The Balaban J connectivity index is 2.00. The maximum Gasteiger partial charge on any atom is 0.337 e. The molecule has 0 aliphatic heterocycles. The number of fused-ring (bicyclic) bond motifs is 1. The number of carbonyl (C=O) groups is 1. The molecule has 6 heteroatoms. The Hall–Kier alpha value is -3.15. The van der Waals surface area contributed by atoms with E-state index < -0.39 is 5.97 Å². The number of aromatic nitrogens is 2. The highest BCUT2D eigenvalue weighted by atomic mass is 16.5. The Bertz CT molecular complexity index is 886. The van der Waals surface area contributed by atoms with Crippen LogP contribution in [-0.2, 0) is 0 Å². The molecule has 3 rings (SSSR count). The number of nitrogens with one attached hydrogen (secondary N) is 1. The van der Waals surface area contributed by atoms with Crippen molar-refractivity contribution < 1.29 is 14.6 Å². The molecule has 0 saturated heterocycles. The summed E-state index contributed by atoms with van der Waals surface area (Å²) in [5.74, 6) is -0.635. The van der Waals surface area contributed by atoms with Crippen LogP contribution in [0.15, 0.2) is 53.6 Å². The largest absolute Gasteiger partial charge is 0.478 e. The first kappa shape index (κ1) is 12.9. The molecule has 0 unspecified atom stereocenters. The van der Waals surface area contributed by atoms with Gasteiger partial charge >= 0.3 is 5.97 Å². The van der Waals surface area contributed by atoms with Crippen LogP contribution in [0.25, 0.3) is 10.8 Å². The first-order valence-electron chi connectivity index (χ1n) is 6.12. The molecule has 104 valence electrons. The van der Waals surface area contributed by atoms with E-state index in [0.717, 1.165) is 5.39 Å². The molecule has 2 heterocycles. The number of aromatic carboxylic acids is 1. The van der Waals surface area contributed by atoms with Gasteiger partial charge in [-0.25, -0.2) is 4.79 Å². The SMILES string of the molecule is O=C(O)c1cncc(Oc2cc3ccccc3c(=O)[nH]2)c1. The van der Waals surface area contributed by atoms with Crippen molar-refractivity contribution in [1.29, 1.82) is 0 Å². The lowest BCUT2D eigenvalue weighted by atomic mass is 10.2. The first-order chi connectivity index (χ1) is 10.1. The van der Waals surface area contributed by atoms with E-state index >= 15 is 0 Å². The third-order valence-electron chi connectivity index (χ3n) is 2.92. The number of benzene rings is 1. The van der Waals surface area contributed by atoms with Gasteiger partial charge in [-0.05, 0) is 17.5 Å². The van der Waals surface area contributed by atoms with E-state index in [9.17, 15) is 9.59 Å². The fourth-order valence-corrected chi connectivity index (χ4v) is 1.96. The van der Waals surface area contributed by atoms with Gasteiger partial charge in [-0.1, -0.05) is 18.2 Å². The quantitative estimate of drug-likeness (QED) is 0.769. The van der Waals surface area contributed by atoms with E-state index in [1.807, 2.05) is 6.07 Å². The maximum atomic E-state index is 11.9. The Morgan fingerprint density at radius 3 is 2.81 bits per heavy atom. The highest BCUT2D eigenvalue weighted by molar-refractivity contribution is 5.87. The number of hydrogen-bond donors (Lipinski definition) is 2. The maximum absolute atomic E-state index is 11.9. The number of ether oxygens (including phenoxy) is 1. The van der Waals surface area contributed by atoms with Crippen LogP contribution in [0.4, 0.5) is 0 Å². The monoisotopic (exact) mass is 282 g/mol. The number of rotatable bonds is 3. The van der Waals surface area contributed by atoms with Crippen molar-refractivity contribution in [2.75, 3.05) is 0 Å². The summed E-state index contributed by atoms with van der Waals surface area (Å²) in [5.41, 5.74) is -0.263. The lowest BCUT2D eigenvalue weighted by molar-refractivity contribution is 0.0696. The van der Waals surface area contributed by atoms with Gasteiger partial charge < -0.3 is 9.84 Å². The molecule has 0 amide bonds. The number of pyridine rings is 2. The number of hydrogen-bond acceptors (Lipinski definition) is 4. The number of aromatic amines is 1. The standard InChI is InChI=1S/C15H10N2O4/c18-14-12-4-2-1-3-9(12)6-13(17-14)21-11-5-10(15(19)20)7-16-8-11/h1-8H,(H,17,18)(H,19,20). The average Bonchev–Trinajstić information content (AvgIpc) is 2.47. The second-order valence-corrected chi connectivity index (χ2v) is 4.37. The molecular weight excluding hydrogens is 272 g/mol. The zero-order valence-electron chi connectivity index (χ0n) is 10.7. The lowest BCUT2D eigenvalue weighted by Crippen LogP contribution is -2.07. The summed E-state index contributed by atoms with van der Waals surface area (Å²) in [6.45, 7) is 0. The van der Waals surface area contributed by atoms with Crippen molar-refractivity contribution in [1.82, 2.24) is 9.97 Å². The molecule has 0 atom stereocenters. The van der Waals surface area contributed by atoms with Crippen LogP contribution in [0.5, 0.6) is 11.6 Å². The van der Waals surface area contributed by atoms with Crippen molar-refractivity contribution >= 4 is 16.7 Å². The van der Waals surface area contributed by atoms with Gasteiger partial charge in [0.15, 0.2) is 0 Å². The molecule has 21 heavy (non-hydrogen) atoms. The van der Waals surface area contributed by atoms with E-state index in [0.29, 0.717) is 5.39 Å². The summed E-state index contributed by atoms with van der Waals surface area (Å²) in [4.78, 5) is 29.2. The van der Waals surface area contributed by atoms with E-state index in [-0.39, 0.29) is 22.8 Å². The van der Waals surface area contributed by atoms with Crippen LogP contribution >= 0.6 is 0 Å². The summed E-state index contributed by atoms with van der Waals surface area (Å²) < 4.78 is 5.48. The molecule has 0 aliphatic carbocycles. The van der Waals surface area contributed by atoms with Gasteiger partial charge in [0.2, 0.25) is 5.88 Å². The predicted molar refractivity (Wildman–Crippen MR) is 75.8 cm³/mol. The number of carboxylic acid groups (broad SMARTS) is 1. The minimum atomic E-state index is -1.10. The van der Waals surface area contributed by atoms with Crippen LogP contribution in [-0.4, -0.2) is 21.0 Å². The normalized spacial score (nSPS) is 10.5. The Labute approximate surface area is 118 Å². The second kappa shape index (κ2) is 5.09.